The Hall–Kier alpha value is -1.67. The van der Waals surface area contributed by atoms with Gasteiger partial charge in [-0.2, -0.15) is 0 Å². The normalized spacial score (nSPS) is 18.4. The number of nitrogens with zero attached hydrogens (tertiary/aromatic N) is 1. The van der Waals surface area contributed by atoms with E-state index in [1.54, 1.807) is 0 Å². The Labute approximate surface area is 107 Å². The molecule has 1 aliphatic rings. The number of hydrogen-bond acceptors (Lipinski definition) is 2. The van der Waals surface area contributed by atoms with E-state index >= 15 is 0 Å². The Morgan fingerprint density at radius 1 is 1.17 bits per heavy atom. The first-order valence-corrected chi connectivity index (χ1v) is 6.49. The van der Waals surface area contributed by atoms with Crippen molar-refractivity contribution in [3.8, 4) is 11.3 Å². The first-order chi connectivity index (χ1) is 8.75. The Morgan fingerprint density at radius 3 is 2.83 bits per heavy atom. The summed E-state index contributed by atoms with van der Waals surface area (Å²) in [4.78, 5) is 4.73. The van der Waals surface area contributed by atoms with Crippen LogP contribution in [0.1, 0.15) is 35.8 Å². The van der Waals surface area contributed by atoms with Gasteiger partial charge in [-0.05, 0) is 37.8 Å². The summed E-state index contributed by atoms with van der Waals surface area (Å²) in [6.07, 6.45) is 2.54. The highest BCUT2D eigenvalue weighted by molar-refractivity contribution is 5.63. The molecule has 2 nitrogen and oxygen atoms in total. The molecule has 2 aromatic rings. The summed E-state index contributed by atoms with van der Waals surface area (Å²) in [5.74, 6) is 0. The van der Waals surface area contributed by atoms with Crippen LogP contribution in [0.4, 0.5) is 0 Å². The number of aliphatic hydroxyl groups excluding tert-OH is 1. The average Bonchev–Trinajstić information content (AvgIpc) is 2.39. The van der Waals surface area contributed by atoms with Gasteiger partial charge >= 0.3 is 0 Å². The van der Waals surface area contributed by atoms with E-state index in [-0.39, 0.29) is 6.10 Å². The van der Waals surface area contributed by atoms with Crippen LogP contribution in [-0.2, 0) is 6.42 Å². The minimum Gasteiger partial charge on any atom is -0.388 e. The minimum absolute atomic E-state index is 0.327. The molecular formula is C16H17NO. The van der Waals surface area contributed by atoms with Crippen molar-refractivity contribution in [2.24, 2.45) is 0 Å². The molecule has 0 aliphatic heterocycles. The lowest BCUT2D eigenvalue weighted by atomic mass is 9.92. The van der Waals surface area contributed by atoms with E-state index in [1.165, 1.54) is 11.1 Å². The zero-order valence-corrected chi connectivity index (χ0v) is 10.6. The fourth-order valence-electron chi connectivity index (χ4n) is 2.64. The van der Waals surface area contributed by atoms with Crippen LogP contribution in [0.15, 0.2) is 36.4 Å². The van der Waals surface area contributed by atoms with Crippen molar-refractivity contribution in [2.75, 3.05) is 0 Å². The van der Waals surface area contributed by atoms with Crippen molar-refractivity contribution >= 4 is 0 Å². The van der Waals surface area contributed by atoms with E-state index in [4.69, 9.17) is 4.98 Å². The van der Waals surface area contributed by atoms with Crippen LogP contribution in [0.2, 0.25) is 0 Å². The summed E-state index contributed by atoms with van der Waals surface area (Å²) >= 11 is 0. The lowest BCUT2D eigenvalue weighted by molar-refractivity contribution is 0.155. The summed E-state index contributed by atoms with van der Waals surface area (Å²) in [7, 11) is 0. The summed E-state index contributed by atoms with van der Waals surface area (Å²) < 4.78 is 0. The highest BCUT2D eigenvalue weighted by atomic mass is 16.3. The maximum atomic E-state index is 9.94. The minimum atomic E-state index is -0.327. The van der Waals surface area contributed by atoms with Gasteiger partial charge in [-0.15, -0.1) is 0 Å². The number of rotatable bonds is 1. The molecule has 1 aliphatic carbocycles. The number of aryl methyl sites for hydroxylation is 2. The van der Waals surface area contributed by atoms with Gasteiger partial charge in [0, 0.05) is 16.8 Å². The number of hydrogen-bond donors (Lipinski definition) is 1. The van der Waals surface area contributed by atoms with Crippen molar-refractivity contribution in [1.82, 2.24) is 4.98 Å². The van der Waals surface area contributed by atoms with Crippen molar-refractivity contribution in [3.05, 3.63) is 53.2 Å². The second-order valence-electron chi connectivity index (χ2n) is 4.96. The Kier molecular flexibility index (Phi) is 2.88. The van der Waals surface area contributed by atoms with Crippen LogP contribution >= 0.6 is 0 Å². The lowest BCUT2D eigenvalue weighted by Crippen LogP contribution is -2.11. The number of aliphatic hydroxyl groups is 1. The van der Waals surface area contributed by atoms with Crippen LogP contribution in [0, 0.1) is 6.92 Å². The van der Waals surface area contributed by atoms with Gasteiger partial charge in [0.15, 0.2) is 0 Å². The molecule has 1 heterocycles. The van der Waals surface area contributed by atoms with Gasteiger partial charge in [-0.3, -0.25) is 4.98 Å². The molecule has 92 valence electrons. The molecule has 1 unspecified atom stereocenters. The van der Waals surface area contributed by atoms with Gasteiger partial charge in [-0.25, -0.2) is 0 Å². The van der Waals surface area contributed by atoms with E-state index in [9.17, 15) is 5.11 Å². The summed E-state index contributed by atoms with van der Waals surface area (Å²) in [5, 5.41) is 9.94. The van der Waals surface area contributed by atoms with Gasteiger partial charge in [0.25, 0.3) is 0 Å². The fourth-order valence-corrected chi connectivity index (χ4v) is 2.64. The SMILES string of the molecule is Cc1ccccc1-c1ccc2c(n1)CCCC2O. The lowest BCUT2D eigenvalue weighted by Gasteiger charge is -2.21. The third-order valence-corrected chi connectivity index (χ3v) is 3.68. The summed E-state index contributed by atoms with van der Waals surface area (Å²) in [5.41, 5.74) is 5.51. The molecule has 0 saturated carbocycles. The molecule has 0 fully saturated rings. The molecule has 1 atom stereocenters. The highest BCUT2D eigenvalue weighted by Crippen LogP contribution is 2.31. The predicted molar refractivity (Wildman–Crippen MR) is 72.3 cm³/mol. The van der Waals surface area contributed by atoms with Gasteiger partial charge in [-0.1, -0.05) is 30.3 Å². The second-order valence-corrected chi connectivity index (χ2v) is 4.96. The predicted octanol–water partition coefficient (Wildman–Crippen LogP) is 3.43. The molecule has 0 amide bonds. The molecule has 2 heteroatoms. The number of fused-ring (bicyclic) bond motifs is 1. The van der Waals surface area contributed by atoms with Crippen LogP contribution in [-0.4, -0.2) is 10.1 Å². The average molecular weight is 239 g/mol. The standard InChI is InChI=1S/C16H17NO/c1-11-5-2-3-6-12(11)15-10-9-13-14(17-15)7-4-8-16(13)18/h2-3,5-6,9-10,16,18H,4,7-8H2,1H3. The van der Waals surface area contributed by atoms with E-state index < -0.39 is 0 Å². The molecular weight excluding hydrogens is 222 g/mol. The van der Waals surface area contributed by atoms with E-state index in [0.717, 1.165) is 36.2 Å². The summed E-state index contributed by atoms with van der Waals surface area (Å²) in [6.45, 7) is 2.10. The van der Waals surface area contributed by atoms with Gasteiger partial charge < -0.3 is 5.11 Å². The Bertz CT molecular complexity index is 577. The van der Waals surface area contributed by atoms with E-state index in [0.29, 0.717) is 0 Å². The molecule has 18 heavy (non-hydrogen) atoms. The fraction of sp³-hybridized carbons (Fsp3) is 0.312. The molecule has 0 saturated heterocycles. The van der Waals surface area contributed by atoms with E-state index in [1.807, 2.05) is 24.3 Å². The van der Waals surface area contributed by atoms with Gasteiger partial charge in [0.05, 0.1) is 11.8 Å². The first-order valence-electron chi connectivity index (χ1n) is 6.49. The van der Waals surface area contributed by atoms with Crippen LogP contribution in [0.25, 0.3) is 11.3 Å². The van der Waals surface area contributed by atoms with Crippen molar-refractivity contribution in [1.29, 1.82) is 0 Å². The summed E-state index contributed by atoms with van der Waals surface area (Å²) in [6, 6.07) is 12.3. The number of aromatic nitrogens is 1. The topological polar surface area (TPSA) is 33.1 Å². The molecule has 0 radical (unpaired) electrons. The van der Waals surface area contributed by atoms with Crippen molar-refractivity contribution in [2.45, 2.75) is 32.3 Å². The van der Waals surface area contributed by atoms with Crippen molar-refractivity contribution in [3.63, 3.8) is 0 Å². The van der Waals surface area contributed by atoms with Crippen LogP contribution in [0.3, 0.4) is 0 Å². The smallest absolute Gasteiger partial charge is 0.0807 e. The largest absolute Gasteiger partial charge is 0.388 e. The molecule has 3 rings (SSSR count). The van der Waals surface area contributed by atoms with Crippen LogP contribution in [0.5, 0.6) is 0 Å². The number of benzene rings is 1. The van der Waals surface area contributed by atoms with Crippen LogP contribution < -0.4 is 0 Å². The molecule has 1 aromatic heterocycles. The molecule has 0 bridgehead atoms. The third-order valence-electron chi connectivity index (χ3n) is 3.68. The maximum absolute atomic E-state index is 9.94. The van der Waals surface area contributed by atoms with Gasteiger partial charge in [0.2, 0.25) is 0 Å². The third kappa shape index (κ3) is 1.93. The first kappa shape index (κ1) is 11.4. The van der Waals surface area contributed by atoms with Gasteiger partial charge in [0.1, 0.15) is 0 Å². The molecule has 1 aromatic carbocycles. The Morgan fingerprint density at radius 2 is 2.00 bits per heavy atom. The Balaban J connectivity index is 2.08. The number of pyridine rings is 1. The highest BCUT2D eigenvalue weighted by Gasteiger charge is 2.19. The maximum Gasteiger partial charge on any atom is 0.0807 e. The van der Waals surface area contributed by atoms with Crippen molar-refractivity contribution < 1.29 is 5.11 Å². The monoisotopic (exact) mass is 239 g/mol. The zero-order valence-electron chi connectivity index (χ0n) is 10.6. The molecule has 0 spiro atoms. The second kappa shape index (κ2) is 4.54. The molecule has 1 N–H and O–H groups in total. The zero-order chi connectivity index (χ0) is 12.5. The van der Waals surface area contributed by atoms with E-state index in [2.05, 4.69) is 19.1 Å². The quantitative estimate of drug-likeness (QED) is 0.827.